The van der Waals surface area contributed by atoms with E-state index in [9.17, 15) is 19.2 Å². The summed E-state index contributed by atoms with van der Waals surface area (Å²) < 4.78 is 12.1. The number of imide groups is 1. The molecule has 4 heterocycles. The second kappa shape index (κ2) is 11.8. The smallest absolute Gasteiger partial charge is 0.305 e. The van der Waals surface area contributed by atoms with Crippen LogP contribution < -0.4 is 19.2 Å². The molecule has 12 heteroatoms. The zero-order valence-corrected chi connectivity index (χ0v) is 27.7. The molecule has 2 aromatic carbocycles. The molecule has 2 bridgehead atoms. The van der Waals surface area contributed by atoms with E-state index in [0.717, 1.165) is 54.2 Å². The molecule has 8 rings (SSSR count). The first-order chi connectivity index (χ1) is 22.3. The number of rotatable bonds is 7. The van der Waals surface area contributed by atoms with E-state index in [2.05, 4.69) is 4.98 Å². The van der Waals surface area contributed by atoms with Gasteiger partial charge in [0, 0.05) is 34.2 Å². The van der Waals surface area contributed by atoms with E-state index in [0.29, 0.717) is 28.8 Å². The zero-order valence-electron chi connectivity index (χ0n) is 25.3. The van der Waals surface area contributed by atoms with Gasteiger partial charge < -0.3 is 19.4 Å². The van der Waals surface area contributed by atoms with E-state index >= 15 is 0 Å². The van der Waals surface area contributed by atoms with E-state index in [1.165, 1.54) is 16.2 Å². The number of fused-ring (bicyclic) bond motifs is 9. The standard InChI is InChI=1S/C34H34ClN3O6S2/c1-2-43-23-14-17(6-11-22(23)44-16-24(39)37-12-4-3-5-13-37)25-26-20-15-21(29(26)45-31-30(25)46-34(42)36-31)28-27(20)32(40)38(33(28)41)19-9-7-18(35)8-10-19/h6-11,14,20-21,25-29H,2-5,12-13,15-16H2,1H3,(H,36,42)/t20-,21-,25-,26?,27?,28?,29?/m1/s1. The predicted molar refractivity (Wildman–Crippen MR) is 176 cm³/mol. The quantitative estimate of drug-likeness (QED) is 0.326. The first-order valence-corrected chi connectivity index (χ1v) is 18.1. The molecule has 2 saturated carbocycles. The number of aromatic nitrogens is 1. The fraction of sp³-hybridized carbons (Fsp3) is 0.471. The Hall–Kier alpha value is -3.28. The van der Waals surface area contributed by atoms with Crippen LogP contribution in [0.2, 0.25) is 5.02 Å². The summed E-state index contributed by atoms with van der Waals surface area (Å²) in [5, 5.41) is 1.47. The van der Waals surface area contributed by atoms with Crippen LogP contribution in [0.3, 0.4) is 0 Å². The first kappa shape index (κ1) is 30.1. The summed E-state index contributed by atoms with van der Waals surface area (Å²) in [4.78, 5) is 60.5. The van der Waals surface area contributed by atoms with Crippen molar-refractivity contribution in [3.63, 3.8) is 0 Å². The maximum atomic E-state index is 14.0. The highest BCUT2D eigenvalue weighted by Gasteiger charge is 2.69. The van der Waals surface area contributed by atoms with E-state index in [-0.39, 0.29) is 64.0 Å². The summed E-state index contributed by atoms with van der Waals surface area (Å²) in [6.45, 7) is 3.80. The van der Waals surface area contributed by atoms with Gasteiger partial charge in [-0.3, -0.25) is 24.1 Å². The Morgan fingerprint density at radius 2 is 1.70 bits per heavy atom. The van der Waals surface area contributed by atoms with Gasteiger partial charge in [-0.25, -0.2) is 0 Å². The Balaban J connectivity index is 1.12. The molecule has 0 radical (unpaired) electrons. The molecule has 9 nitrogen and oxygen atoms in total. The molecule has 2 saturated heterocycles. The molecule has 3 amide bonds. The van der Waals surface area contributed by atoms with Crippen LogP contribution in [0.1, 0.15) is 49.0 Å². The Morgan fingerprint density at radius 3 is 2.43 bits per heavy atom. The average Bonchev–Trinajstić information content (AvgIpc) is 3.80. The van der Waals surface area contributed by atoms with Crippen LogP contribution in [0.25, 0.3) is 0 Å². The minimum atomic E-state index is -0.399. The summed E-state index contributed by atoms with van der Waals surface area (Å²) in [7, 11) is 0. The van der Waals surface area contributed by atoms with Crippen LogP contribution in [0, 0.1) is 29.6 Å². The Morgan fingerprint density at radius 1 is 0.957 bits per heavy atom. The Kier molecular flexibility index (Phi) is 7.68. The summed E-state index contributed by atoms with van der Waals surface area (Å²) in [5.74, 6) is -0.113. The number of anilines is 1. The van der Waals surface area contributed by atoms with Gasteiger partial charge >= 0.3 is 4.87 Å². The van der Waals surface area contributed by atoms with Crippen molar-refractivity contribution in [2.75, 3.05) is 31.2 Å². The fourth-order valence-electron chi connectivity index (χ4n) is 8.71. The van der Waals surface area contributed by atoms with E-state index in [1.54, 1.807) is 36.0 Å². The largest absolute Gasteiger partial charge is 0.490 e. The highest BCUT2D eigenvalue weighted by molar-refractivity contribution is 8.00. The minimum Gasteiger partial charge on any atom is -0.490 e. The van der Waals surface area contributed by atoms with Crippen LogP contribution in [0.15, 0.2) is 52.3 Å². The monoisotopic (exact) mass is 679 g/mol. The highest BCUT2D eigenvalue weighted by atomic mass is 35.5. The van der Waals surface area contributed by atoms with Crippen molar-refractivity contribution in [2.45, 2.75) is 48.8 Å². The molecular formula is C34H34ClN3O6S2. The van der Waals surface area contributed by atoms with Crippen LogP contribution in [-0.4, -0.2) is 59.2 Å². The van der Waals surface area contributed by atoms with Gasteiger partial charge in [0.05, 0.1) is 29.2 Å². The molecule has 7 atom stereocenters. The van der Waals surface area contributed by atoms with Crippen molar-refractivity contribution in [1.82, 2.24) is 9.88 Å². The van der Waals surface area contributed by atoms with Crippen molar-refractivity contribution in [1.29, 1.82) is 0 Å². The van der Waals surface area contributed by atoms with Gasteiger partial charge in [-0.1, -0.05) is 29.0 Å². The van der Waals surface area contributed by atoms with Gasteiger partial charge in [0.2, 0.25) is 11.8 Å². The van der Waals surface area contributed by atoms with E-state index in [4.69, 9.17) is 21.1 Å². The molecular weight excluding hydrogens is 646 g/mol. The molecule has 240 valence electrons. The molecule has 5 aliphatic rings. The number of halogens is 1. The molecule has 2 aliphatic carbocycles. The van der Waals surface area contributed by atoms with Crippen LogP contribution in [0.4, 0.5) is 5.69 Å². The Bertz CT molecular complexity index is 1770. The van der Waals surface area contributed by atoms with Crippen LogP contribution in [-0.2, 0) is 14.4 Å². The number of aromatic amines is 1. The number of amides is 3. The maximum absolute atomic E-state index is 14.0. The maximum Gasteiger partial charge on any atom is 0.305 e. The Labute approximate surface area is 279 Å². The third-order valence-corrected chi connectivity index (χ3v) is 13.3. The SMILES string of the molecule is CCOc1cc([C@H]2c3sc(=O)[nH]c3SC3C2[C@H]2C[C@@H]3C3C(=O)N(c4ccc(Cl)cc4)C(=O)C32)ccc1OCC(=O)N1CCCCC1. The number of likely N-dealkylation sites (tertiary alicyclic amines) is 1. The number of nitrogens with zero attached hydrogens (tertiary/aromatic N) is 2. The first-order valence-electron chi connectivity index (χ1n) is 16.0. The summed E-state index contributed by atoms with van der Waals surface area (Å²) in [6, 6.07) is 12.7. The van der Waals surface area contributed by atoms with Crippen molar-refractivity contribution >= 4 is 58.1 Å². The summed E-state index contributed by atoms with van der Waals surface area (Å²) in [5.41, 5.74) is 1.53. The number of ether oxygens (including phenoxy) is 2. The van der Waals surface area contributed by atoms with Crippen LogP contribution in [0.5, 0.6) is 11.5 Å². The zero-order chi connectivity index (χ0) is 31.7. The van der Waals surface area contributed by atoms with Gasteiger partial charge in [0.1, 0.15) is 0 Å². The molecule has 4 fully saturated rings. The lowest BCUT2D eigenvalue weighted by Gasteiger charge is -2.43. The lowest BCUT2D eigenvalue weighted by Crippen LogP contribution is -2.42. The van der Waals surface area contributed by atoms with Crippen molar-refractivity contribution < 1.29 is 23.9 Å². The summed E-state index contributed by atoms with van der Waals surface area (Å²) in [6.07, 6.45) is 3.98. The number of piperidine rings is 1. The van der Waals surface area contributed by atoms with E-state index < -0.39 is 5.92 Å². The number of H-pyrrole nitrogens is 1. The lowest BCUT2D eigenvalue weighted by atomic mass is 9.68. The predicted octanol–water partition coefficient (Wildman–Crippen LogP) is 5.56. The molecule has 0 spiro atoms. The lowest BCUT2D eigenvalue weighted by molar-refractivity contribution is -0.134. The third kappa shape index (κ3) is 4.80. The van der Waals surface area contributed by atoms with Gasteiger partial charge in [0.25, 0.3) is 5.91 Å². The summed E-state index contributed by atoms with van der Waals surface area (Å²) >= 11 is 8.98. The number of thiazole rings is 1. The number of carbonyl (C=O) groups excluding carboxylic acids is 3. The second-order valence-electron chi connectivity index (χ2n) is 12.8. The molecule has 1 N–H and O–H groups in total. The second-order valence-corrected chi connectivity index (χ2v) is 15.5. The van der Waals surface area contributed by atoms with Crippen molar-refractivity contribution in [3.05, 3.63) is 67.6 Å². The van der Waals surface area contributed by atoms with Crippen molar-refractivity contribution in [3.8, 4) is 11.5 Å². The minimum absolute atomic E-state index is 0.00904. The molecule has 4 unspecified atom stereocenters. The highest BCUT2D eigenvalue weighted by Crippen LogP contribution is 2.68. The van der Waals surface area contributed by atoms with Crippen LogP contribution >= 0.6 is 34.7 Å². The number of thioether (sulfide) groups is 1. The molecule has 3 aromatic rings. The topological polar surface area (TPSA) is 109 Å². The van der Waals surface area contributed by atoms with Gasteiger partial charge in [-0.05, 0) is 92.3 Å². The molecule has 3 aliphatic heterocycles. The fourth-order valence-corrected chi connectivity index (χ4v) is 11.7. The van der Waals surface area contributed by atoms with Crippen molar-refractivity contribution in [2.24, 2.45) is 29.6 Å². The molecule has 46 heavy (non-hydrogen) atoms. The van der Waals surface area contributed by atoms with E-state index in [1.807, 2.05) is 30.0 Å². The van der Waals surface area contributed by atoms with Gasteiger partial charge in [-0.2, -0.15) is 0 Å². The number of hydrogen-bond acceptors (Lipinski definition) is 8. The van der Waals surface area contributed by atoms with Gasteiger partial charge in [-0.15, -0.1) is 11.8 Å². The third-order valence-electron chi connectivity index (χ3n) is 10.5. The number of benzene rings is 2. The number of hydrogen-bond donors (Lipinski definition) is 1. The molecule has 1 aromatic heterocycles. The number of carbonyl (C=O) groups is 3. The normalized spacial score (nSPS) is 29.5. The number of nitrogens with one attached hydrogen (secondary N) is 1. The van der Waals surface area contributed by atoms with Gasteiger partial charge in [0.15, 0.2) is 18.1 Å². The average molecular weight is 680 g/mol.